The number of nitrogens with one attached hydrogen (secondary N) is 2. The van der Waals surface area contributed by atoms with Gasteiger partial charge in [0.2, 0.25) is 0 Å². The first-order valence-electron chi connectivity index (χ1n) is 9.93. The molecule has 3 amide bonds. The van der Waals surface area contributed by atoms with Gasteiger partial charge in [0.25, 0.3) is 5.91 Å². The van der Waals surface area contributed by atoms with Gasteiger partial charge in [-0.1, -0.05) is 30.3 Å². The number of ether oxygens (including phenoxy) is 2. The molecule has 2 aromatic rings. The van der Waals surface area contributed by atoms with Crippen LogP contribution < -0.4 is 15.4 Å². The SMILES string of the molecule is C=CCN1C(=O)N[C@@H](c2ccc(C(=O)OC)cc2)C(C(=O)Nc2ccccc2OC)=C1C. The fourth-order valence-electron chi connectivity index (χ4n) is 3.54. The second kappa shape index (κ2) is 9.82. The van der Waals surface area contributed by atoms with Gasteiger partial charge in [-0.05, 0) is 36.8 Å². The second-order valence-electron chi connectivity index (χ2n) is 7.05. The molecular formula is C24H25N3O5. The Morgan fingerprint density at radius 1 is 1.16 bits per heavy atom. The minimum atomic E-state index is -0.718. The number of carbonyl (C=O) groups is 3. The Bertz CT molecular complexity index is 1080. The summed E-state index contributed by atoms with van der Waals surface area (Å²) in [6.45, 7) is 5.65. The van der Waals surface area contributed by atoms with Crippen LogP contribution in [0.5, 0.6) is 5.75 Å². The average Bonchev–Trinajstić information content (AvgIpc) is 2.81. The van der Waals surface area contributed by atoms with Crippen molar-refractivity contribution in [3.05, 3.63) is 83.6 Å². The molecule has 166 valence electrons. The number of anilines is 1. The summed E-state index contributed by atoms with van der Waals surface area (Å²) < 4.78 is 10.1. The quantitative estimate of drug-likeness (QED) is 0.511. The summed E-state index contributed by atoms with van der Waals surface area (Å²) in [4.78, 5) is 39.3. The molecule has 3 rings (SSSR count). The average molecular weight is 435 g/mol. The summed E-state index contributed by atoms with van der Waals surface area (Å²) in [7, 11) is 2.83. The number of urea groups is 1. The number of hydrogen-bond donors (Lipinski definition) is 2. The van der Waals surface area contributed by atoms with E-state index in [4.69, 9.17) is 9.47 Å². The molecular weight excluding hydrogens is 410 g/mol. The summed E-state index contributed by atoms with van der Waals surface area (Å²) >= 11 is 0. The molecule has 0 fully saturated rings. The first-order chi connectivity index (χ1) is 15.4. The molecule has 1 aliphatic rings. The van der Waals surface area contributed by atoms with Crippen molar-refractivity contribution in [2.45, 2.75) is 13.0 Å². The molecule has 0 spiro atoms. The molecule has 1 heterocycles. The third-order valence-corrected chi connectivity index (χ3v) is 5.17. The molecule has 0 bridgehead atoms. The molecule has 0 radical (unpaired) electrons. The van der Waals surface area contributed by atoms with E-state index < -0.39 is 12.0 Å². The molecule has 0 aliphatic carbocycles. The molecule has 0 aromatic heterocycles. The van der Waals surface area contributed by atoms with Gasteiger partial charge in [0.15, 0.2) is 0 Å². The molecule has 2 aromatic carbocycles. The lowest BCUT2D eigenvalue weighted by atomic mass is 9.93. The van der Waals surface area contributed by atoms with Crippen molar-refractivity contribution in [3.8, 4) is 5.75 Å². The second-order valence-corrected chi connectivity index (χ2v) is 7.05. The number of esters is 1. The standard InChI is InChI=1S/C24H25N3O5/c1-5-14-27-15(2)20(22(28)25-18-8-6-7-9-19(18)31-3)21(26-24(27)30)16-10-12-17(13-11-16)23(29)32-4/h5-13,21H,1,14H2,2-4H3,(H,25,28)(H,26,30)/t21-/m0/s1. The third-order valence-electron chi connectivity index (χ3n) is 5.17. The van der Waals surface area contributed by atoms with E-state index in [1.807, 2.05) is 0 Å². The van der Waals surface area contributed by atoms with E-state index >= 15 is 0 Å². The van der Waals surface area contributed by atoms with Crippen LogP contribution in [0, 0.1) is 0 Å². The number of para-hydroxylation sites is 2. The first kappa shape index (κ1) is 22.6. The van der Waals surface area contributed by atoms with Gasteiger partial charge in [-0.2, -0.15) is 0 Å². The Labute approximate surface area is 186 Å². The number of rotatable bonds is 7. The summed E-state index contributed by atoms with van der Waals surface area (Å²) in [5, 5.41) is 5.76. The van der Waals surface area contributed by atoms with Gasteiger partial charge in [0.1, 0.15) is 5.75 Å². The Kier molecular flexibility index (Phi) is 6.94. The Balaban J connectivity index is 2.03. The monoisotopic (exact) mass is 435 g/mol. The molecule has 1 aliphatic heterocycles. The lowest BCUT2D eigenvalue weighted by Gasteiger charge is -2.35. The number of carbonyl (C=O) groups excluding carboxylic acids is 3. The van der Waals surface area contributed by atoms with Crippen LogP contribution in [0.15, 0.2) is 72.5 Å². The zero-order chi connectivity index (χ0) is 23.3. The van der Waals surface area contributed by atoms with E-state index in [0.29, 0.717) is 33.8 Å². The van der Waals surface area contributed by atoms with Crippen LogP contribution in [0.2, 0.25) is 0 Å². The van der Waals surface area contributed by atoms with Gasteiger partial charge in [0.05, 0.1) is 37.1 Å². The molecule has 8 heteroatoms. The van der Waals surface area contributed by atoms with Crippen LogP contribution >= 0.6 is 0 Å². The van der Waals surface area contributed by atoms with Gasteiger partial charge >= 0.3 is 12.0 Å². The molecule has 0 unspecified atom stereocenters. The van der Waals surface area contributed by atoms with Crippen molar-refractivity contribution in [3.63, 3.8) is 0 Å². The van der Waals surface area contributed by atoms with E-state index in [2.05, 4.69) is 17.2 Å². The van der Waals surface area contributed by atoms with Crippen LogP contribution in [0.4, 0.5) is 10.5 Å². The van der Waals surface area contributed by atoms with Crippen LogP contribution in [0.1, 0.15) is 28.9 Å². The van der Waals surface area contributed by atoms with Crippen LogP contribution in [-0.2, 0) is 9.53 Å². The topological polar surface area (TPSA) is 97.0 Å². The predicted molar refractivity (Wildman–Crippen MR) is 120 cm³/mol. The molecule has 8 nitrogen and oxygen atoms in total. The van der Waals surface area contributed by atoms with E-state index in [9.17, 15) is 14.4 Å². The minimum absolute atomic E-state index is 0.247. The highest BCUT2D eigenvalue weighted by atomic mass is 16.5. The Morgan fingerprint density at radius 2 is 1.84 bits per heavy atom. The predicted octanol–water partition coefficient (Wildman–Crippen LogP) is 3.65. The number of benzene rings is 2. The zero-order valence-electron chi connectivity index (χ0n) is 18.2. The fourth-order valence-corrected chi connectivity index (χ4v) is 3.54. The van der Waals surface area contributed by atoms with Crippen molar-refractivity contribution in [2.24, 2.45) is 0 Å². The van der Waals surface area contributed by atoms with Crippen molar-refractivity contribution >= 4 is 23.6 Å². The smallest absolute Gasteiger partial charge is 0.337 e. The molecule has 0 saturated heterocycles. The maximum Gasteiger partial charge on any atom is 0.337 e. The lowest BCUT2D eigenvalue weighted by Crippen LogP contribution is -2.48. The molecule has 2 N–H and O–H groups in total. The fraction of sp³-hybridized carbons (Fsp3) is 0.208. The zero-order valence-corrected chi connectivity index (χ0v) is 18.2. The van der Waals surface area contributed by atoms with Gasteiger partial charge in [0, 0.05) is 12.2 Å². The van der Waals surface area contributed by atoms with E-state index in [1.54, 1.807) is 61.5 Å². The lowest BCUT2D eigenvalue weighted by molar-refractivity contribution is -0.113. The summed E-state index contributed by atoms with van der Waals surface area (Å²) in [6.07, 6.45) is 1.59. The van der Waals surface area contributed by atoms with E-state index in [0.717, 1.165) is 0 Å². The number of methoxy groups -OCH3 is 2. The van der Waals surface area contributed by atoms with Crippen LogP contribution in [-0.4, -0.2) is 43.6 Å². The minimum Gasteiger partial charge on any atom is -0.495 e. The summed E-state index contributed by atoms with van der Waals surface area (Å²) in [6, 6.07) is 12.6. The third kappa shape index (κ3) is 4.49. The van der Waals surface area contributed by atoms with Crippen molar-refractivity contribution in [2.75, 3.05) is 26.1 Å². The molecule has 0 saturated carbocycles. The van der Waals surface area contributed by atoms with E-state index in [1.165, 1.54) is 19.1 Å². The van der Waals surface area contributed by atoms with Gasteiger partial charge in [-0.3, -0.25) is 9.69 Å². The normalized spacial score (nSPS) is 15.7. The van der Waals surface area contributed by atoms with Gasteiger partial charge in [-0.25, -0.2) is 9.59 Å². The Hall–Kier alpha value is -4.07. The first-order valence-corrected chi connectivity index (χ1v) is 9.93. The van der Waals surface area contributed by atoms with Crippen molar-refractivity contribution < 1.29 is 23.9 Å². The highest BCUT2D eigenvalue weighted by Crippen LogP contribution is 2.33. The highest BCUT2D eigenvalue weighted by Gasteiger charge is 2.35. The number of allylic oxidation sites excluding steroid dienone is 1. The highest BCUT2D eigenvalue weighted by molar-refractivity contribution is 6.07. The molecule has 1 atom stereocenters. The van der Waals surface area contributed by atoms with Gasteiger partial charge in [-0.15, -0.1) is 6.58 Å². The Morgan fingerprint density at radius 3 is 2.47 bits per heavy atom. The number of hydrogen-bond acceptors (Lipinski definition) is 5. The van der Waals surface area contributed by atoms with Gasteiger partial charge < -0.3 is 20.1 Å². The maximum atomic E-state index is 13.4. The van der Waals surface area contributed by atoms with Crippen molar-refractivity contribution in [1.82, 2.24) is 10.2 Å². The number of amides is 3. The summed E-state index contributed by atoms with van der Waals surface area (Å²) in [5.41, 5.74) is 2.39. The maximum absolute atomic E-state index is 13.4. The van der Waals surface area contributed by atoms with Crippen LogP contribution in [0.3, 0.4) is 0 Å². The van der Waals surface area contributed by atoms with E-state index in [-0.39, 0.29) is 18.5 Å². The van der Waals surface area contributed by atoms with Crippen molar-refractivity contribution in [1.29, 1.82) is 0 Å². The number of nitrogens with zero attached hydrogens (tertiary/aromatic N) is 1. The summed E-state index contributed by atoms with van der Waals surface area (Å²) in [5.74, 6) is -0.341. The molecule has 32 heavy (non-hydrogen) atoms. The van der Waals surface area contributed by atoms with Crippen LogP contribution in [0.25, 0.3) is 0 Å². The largest absolute Gasteiger partial charge is 0.495 e.